The number of hydrogen-bond acceptors (Lipinski definition) is 6. The first-order valence-corrected chi connectivity index (χ1v) is 12.4. The Morgan fingerprint density at radius 1 is 1.15 bits per heavy atom. The molecule has 33 heavy (non-hydrogen) atoms. The van der Waals surface area contributed by atoms with Crippen LogP contribution in [0.1, 0.15) is 18.0 Å². The summed E-state index contributed by atoms with van der Waals surface area (Å²) in [6, 6.07) is 18.1. The number of nitrogens with zero attached hydrogens (tertiary/aromatic N) is 4. The second-order valence-corrected chi connectivity index (χ2v) is 9.53. The number of amides is 1. The van der Waals surface area contributed by atoms with Crippen molar-refractivity contribution in [2.75, 3.05) is 11.5 Å². The SMILES string of the molecule is O=C(CSc1nnc(-c2cccnc2)n1-c1ccccc1)N[C@H]1CCSc2ccc(F)cc21. The summed E-state index contributed by atoms with van der Waals surface area (Å²) in [5, 5.41) is 12.4. The van der Waals surface area contributed by atoms with Gasteiger partial charge in [-0.15, -0.1) is 22.0 Å². The molecule has 1 N–H and O–H groups in total. The molecule has 0 radical (unpaired) electrons. The molecule has 0 spiro atoms. The highest BCUT2D eigenvalue weighted by molar-refractivity contribution is 7.99. The standard InChI is InChI=1S/C24H20FN5OS2/c25-17-8-9-21-19(13-17)20(10-12-32-21)27-22(31)15-33-24-29-28-23(16-5-4-11-26-14-16)30(24)18-6-2-1-3-7-18/h1-9,11,13-14,20H,10,12,15H2,(H,27,31)/t20-/m0/s1. The molecule has 166 valence electrons. The lowest BCUT2D eigenvalue weighted by Gasteiger charge is -2.26. The predicted molar refractivity (Wildman–Crippen MR) is 128 cm³/mol. The zero-order valence-electron chi connectivity index (χ0n) is 17.5. The Labute approximate surface area is 199 Å². The van der Waals surface area contributed by atoms with E-state index in [2.05, 4.69) is 20.5 Å². The molecule has 0 saturated carbocycles. The van der Waals surface area contributed by atoms with Gasteiger partial charge in [0.25, 0.3) is 0 Å². The normalized spacial score (nSPS) is 15.1. The van der Waals surface area contributed by atoms with Crippen LogP contribution < -0.4 is 5.32 Å². The van der Waals surface area contributed by atoms with Crippen molar-refractivity contribution in [3.05, 3.63) is 84.4 Å². The van der Waals surface area contributed by atoms with Crippen LogP contribution in [-0.2, 0) is 4.79 Å². The van der Waals surface area contributed by atoms with Gasteiger partial charge in [0.05, 0.1) is 11.8 Å². The summed E-state index contributed by atoms with van der Waals surface area (Å²) in [4.78, 5) is 18.0. The van der Waals surface area contributed by atoms with Crippen LogP contribution in [0, 0.1) is 5.82 Å². The van der Waals surface area contributed by atoms with Gasteiger partial charge in [0, 0.05) is 34.3 Å². The monoisotopic (exact) mass is 477 g/mol. The van der Waals surface area contributed by atoms with E-state index in [1.165, 1.54) is 23.9 Å². The molecule has 1 aliphatic heterocycles. The molecule has 6 nitrogen and oxygen atoms in total. The summed E-state index contributed by atoms with van der Waals surface area (Å²) in [6.45, 7) is 0. The number of carbonyl (C=O) groups is 1. The molecule has 0 bridgehead atoms. The molecule has 0 saturated heterocycles. The van der Waals surface area contributed by atoms with Crippen LogP contribution in [0.3, 0.4) is 0 Å². The molecular formula is C24H20FN5OS2. The topological polar surface area (TPSA) is 72.7 Å². The lowest BCUT2D eigenvalue weighted by Crippen LogP contribution is -2.32. The summed E-state index contributed by atoms with van der Waals surface area (Å²) >= 11 is 3.00. The summed E-state index contributed by atoms with van der Waals surface area (Å²) in [6.07, 6.45) is 4.21. The smallest absolute Gasteiger partial charge is 0.230 e. The fourth-order valence-electron chi connectivity index (χ4n) is 3.74. The summed E-state index contributed by atoms with van der Waals surface area (Å²) in [5.74, 6) is 1.30. The largest absolute Gasteiger partial charge is 0.348 e. The van der Waals surface area contributed by atoms with E-state index in [-0.39, 0.29) is 23.5 Å². The molecule has 2 aromatic heterocycles. The molecule has 3 heterocycles. The molecule has 2 aromatic carbocycles. The number of rotatable bonds is 6. The predicted octanol–water partition coefficient (Wildman–Crippen LogP) is 4.91. The highest BCUT2D eigenvalue weighted by Crippen LogP contribution is 2.36. The fourth-order valence-corrected chi connectivity index (χ4v) is 5.61. The highest BCUT2D eigenvalue weighted by Gasteiger charge is 2.24. The van der Waals surface area contributed by atoms with E-state index in [0.717, 1.165) is 33.9 Å². The number of para-hydroxylation sites is 1. The second-order valence-electron chi connectivity index (χ2n) is 7.45. The van der Waals surface area contributed by atoms with Crippen molar-refractivity contribution in [2.24, 2.45) is 0 Å². The molecule has 1 amide bonds. The molecular weight excluding hydrogens is 457 g/mol. The summed E-state index contributed by atoms with van der Waals surface area (Å²) < 4.78 is 15.7. The minimum absolute atomic E-state index is 0.127. The Hall–Kier alpha value is -3.17. The number of aromatic nitrogens is 4. The Balaban J connectivity index is 1.35. The Bertz CT molecular complexity index is 1270. The van der Waals surface area contributed by atoms with E-state index in [1.54, 1.807) is 30.2 Å². The van der Waals surface area contributed by atoms with Crippen molar-refractivity contribution in [1.29, 1.82) is 0 Å². The van der Waals surface area contributed by atoms with Gasteiger partial charge in [-0.3, -0.25) is 14.3 Å². The number of thioether (sulfide) groups is 2. The van der Waals surface area contributed by atoms with Crippen LogP contribution in [-0.4, -0.2) is 37.2 Å². The summed E-state index contributed by atoms with van der Waals surface area (Å²) in [7, 11) is 0. The van der Waals surface area contributed by atoms with E-state index in [9.17, 15) is 9.18 Å². The number of hydrogen-bond donors (Lipinski definition) is 1. The Morgan fingerprint density at radius 2 is 2.03 bits per heavy atom. The minimum Gasteiger partial charge on any atom is -0.348 e. The number of fused-ring (bicyclic) bond motifs is 1. The quantitative estimate of drug-likeness (QED) is 0.398. The number of benzene rings is 2. The van der Waals surface area contributed by atoms with Gasteiger partial charge < -0.3 is 5.32 Å². The fraction of sp³-hybridized carbons (Fsp3) is 0.167. The lowest BCUT2D eigenvalue weighted by molar-refractivity contribution is -0.119. The van der Waals surface area contributed by atoms with Crippen LogP contribution in [0.4, 0.5) is 4.39 Å². The van der Waals surface area contributed by atoms with Crippen molar-refractivity contribution >= 4 is 29.4 Å². The Kier molecular flexibility index (Phi) is 6.41. The van der Waals surface area contributed by atoms with Gasteiger partial charge in [0.1, 0.15) is 5.82 Å². The van der Waals surface area contributed by atoms with Crippen LogP contribution in [0.25, 0.3) is 17.1 Å². The van der Waals surface area contributed by atoms with E-state index < -0.39 is 0 Å². The first-order chi connectivity index (χ1) is 16.2. The van der Waals surface area contributed by atoms with Crippen molar-refractivity contribution in [2.45, 2.75) is 22.5 Å². The maximum Gasteiger partial charge on any atom is 0.230 e. The van der Waals surface area contributed by atoms with Gasteiger partial charge >= 0.3 is 0 Å². The zero-order chi connectivity index (χ0) is 22.6. The third kappa shape index (κ3) is 4.79. The Morgan fingerprint density at radius 3 is 2.85 bits per heavy atom. The first kappa shape index (κ1) is 21.7. The molecule has 1 atom stereocenters. The van der Waals surface area contributed by atoms with Gasteiger partial charge in [-0.2, -0.15) is 0 Å². The minimum atomic E-state index is -0.288. The molecule has 0 aliphatic carbocycles. The average molecular weight is 478 g/mol. The number of nitrogens with one attached hydrogen (secondary N) is 1. The third-order valence-corrected chi connectivity index (χ3v) is 7.30. The van der Waals surface area contributed by atoms with Crippen LogP contribution in [0.5, 0.6) is 0 Å². The van der Waals surface area contributed by atoms with Crippen LogP contribution in [0.15, 0.2) is 83.1 Å². The molecule has 4 aromatic rings. The van der Waals surface area contributed by atoms with Crippen molar-refractivity contribution in [3.8, 4) is 17.1 Å². The zero-order valence-corrected chi connectivity index (χ0v) is 19.2. The number of carbonyl (C=O) groups excluding carboxylic acids is 1. The van der Waals surface area contributed by atoms with Crippen LogP contribution in [0.2, 0.25) is 0 Å². The van der Waals surface area contributed by atoms with Gasteiger partial charge in [0.15, 0.2) is 11.0 Å². The maximum atomic E-state index is 13.8. The second kappa shape index (κ2) is 9.76. The van der Waals surface area contributed by atoms with Gasteiger partial charge in [-0.1, -0.05) is 30.0 Å². The first-order valence-electron chi connectivity index (χ1n) is 10.4. The number of pyridine rings is 1. The van der Waals surface area contributed by atoms with Gasteiger partial charge in [-0.05, 0) is 54.4 Å². The lowest BCUT2D eigenvalue weighted by atomic mass is 10.0. The van der Waals surface area contributed by atoms with Crippen molar-refractivity contribution < 1.29 is 9.18 Å². The van der Waals surface area contributed by atoms with Gasteiger partial charge in [-0.25, -0.2) is 4.39 Å². The summed E-state index contributed by atoms with van der Waals surface area (Å²) in [5.41, 5.74) is 2.58. The van der Waals surface area contributed by atoms with E-state index in [4.69, 9.17) is 0 Å². The molecule has 9 heteroatoms. The highest BCUT2D eigenvalue weighted by atomic mass is 32.2. The maximum absolute atomic E-state index is 13.8. The van der Waals surface area contributed by atoms with Crippen molar-refractivity contribution in [1.82, 2.24) is 25.1 Å². The van der Waals surface area contributed by atoms with Crippen molar-refractivity contribution in [3.63, 3.8) is 0 Å². The van der Waals surface area contributed by atoms with E-state index in [1.807, 2.05) is 47.0 Å². The molecule has 0 unspecified atom stereocenters. The van der Waals surface area contributed by atoms with Gasteiger partial charge in [0.2, 0.25) is 5.91 Å². The van der Waals surface area contributed by atoms with E-state index >= 15 is 0 Å². The number of halogens is 1. The van der Waals surface area contributed by atoms with Crippen LogP contribution >= 0.6 is 23.5 Å². The molecule has 0 fully saturated rings. The molecule has 1 aliphatic rings. The average Bonchev–Trinajstić information content (AvgIpc) is 3.28. The third-order valence-electron chi connectivity index (χ3n) is 5.25. The molecule has 5 rings (SSSR count). The van der Waals surface area contributed by atoms with E-state index in [0.29, 0.717) is 11.0 Å².